The predicted octanol–water partition coefficient (Wildman–Crippen LogP) is 2.30. The largest absolute Gasteiger partial charge is 0.381 e. The molecule has 0 radical (unpaired) electrons. The average Bonchev–Trinajstić information content (AvgIpc) is 2.22. The van der Waals surface area contributed by atoms with Crippen LogP contribution < -0.4 is 0 Å². The quantitative estimate of drug-likeness (QED) is 0.792. The summed E-state index contributed by atoms with van der Waals surface area (Å²) in [5.41, 5.74) is 0.653. The van der Waals surface area contributed by atoms with Gasteiger partial charge in [0.05, 0.1) is 11.9 Å². The lowest BCUT2D eigenvalue weighted by Gasteiger charge is -2.46. The smallest absolute Gasteiger partial charge is 0.233 e. The number of halogens is 1. The van der Waals surface area contributed by atoms with Gasteiger partial charge in [0, 0.05) is 23.2 Å². The van der Waals surface area contributed by atoms with Crippen molar-refractivity contribution >= 4 is 19.7 Å². The first-order valence-corrected chi connectivity index (χ1v) is 7.94. The van der Waals surface area contributed by atoms with Crippen LogP contribution in [0.5, 0.6) is 0 Å². The summed E-state index contributed by atoms with van der Waals surface area (Å²) in [5, 5.41) is 0. The average molecular weight is 275 g/mol. The minimum Gasteiger partial charge on any atom is -0.381 e. The highest BCUT2D eigenvalue weighted by molar-refractivity contribution is 8.13. The zero-order chi connectivity index (χ0) is 12.5. The minimum atomic E-state index is -3.51. The second-order valence-corrected chi connectivity index (χ2v) is 7.37. The van der Waals surface area contributed by atoms with Crippen molar-refractivity contribution < 1.29 is 13.2 Å². The summed E-state index contributed by atoms with van der Waals surface area (Å²) in [7, 11) is 3.54. The van der Waals surface area contributed by atoms with Crippen LogP contribution in [0.15, 0.2) is 30.3 Å². The molecule has 0 atom stereocenters. The molecule has 1 aliphatic rings. The number of hydrogen-bond acceptors (Lipinski definition) is 3. The molecule has 17 heavy (non-hydrogen) atoms. The van der Waals surface area contributed by atoms with Crippen LogP contribution in [0.2, 0.25) is 0 Å². The van der Waals surface area contributed by atoms with Crippen LogP contribution in [0.1, 0.15) is 18.4 Å². The molecule has 0 N–H and O–H groups in total. The lowest BCUT2D eigenvalue weighted by molar-refractivity contribution is -0.00973. The van der Waals surface area contributed by atoms with E-state index in [9.17, 15) is 8.42 Å². The van der Waals surface area contributed by atoms with Crippen LogP contribution >= 0.6 is 10.7 Å². The summed E-state index contributed by atoms with van der Waals surface area (Å²) < 4.78 is 27.9. The predicted molar refractivity (Wildman–Crippen MR) is 67.8 cm³/mol. The molecule has 0 unspecified atom stereocenters. The van der Waals surface area contributed by atoms with Gasteiger partial charge in [-0.3, -0.25) is 0 Å². The van der Waals surface area contributed by atoms with Crippen molar-refractivity contribution in [3.05, 3.63) is 35.9 Å². The lowest BCUT2D eigenvalue weighted by Crippen LogP contribution is -2.49. The highest BCUT2D eigenvalue weighted by Gasteiger charge is 2.48. The van der Waals surface area contributed by atoms with E-state index in [4.69, 9.17) is 15.4 Å². The molecule has 1 saturated carbocycles. The summed E-state index contributed by atoms with van der Waals surface area (Å²) in [5.74, 6) is -0.0224. The summed E-state index contributed by atoms with van der Waals surface area (Å²) in [6.45, 7) is 0. The summed E-state index contributed by atoms with van der Waals surface area (Å²) in [6, 6.07) is 9.65. The Labute approximate surface area is 106 Å². The lowest BCUT2D eigenvalue weighted by atomic mass is 9.64. The van der Waals surface area contributed by atoms with Crippen LogP contribution in [0, 0.1) is 0 Å². The first kappa shape index (κ1) is 12.9. The molecule has 1 fully saturated rings. The van der Waals surface area contributed by atoms with Gasteiger partial charge in [0.25, 0.3) is 0 Å². The van der Waals surface area contributed by atoms with Crippen molar-refractivity contribution in [3.63, 3.8) is 0 Å². The first-order chi connectivity index (χ1) is 7.95. The van der Waals surface area contributed by atoms with E-state index >= 15 is 0 Å². The van der Waals surface area contributed by atoms with Gasteiger partial charge in [0.2, 0.25) is 9.05 Å². The second kappa shape index (κ2) is 4.59. The van der Waals surface area contributed by atoms with Crippen molar-refractivity contribution in [2.45, 2.75) is 24.4 Å². The van der Waals surface area contributed by atoms with Crippen LogP contribution in [0.4, 0.5) is 0 Å². The Morgan fingerprint density at radius 2 is 1.94 bits per heavy atom. The van der Waals surface area contributed by atoms with Gasteiger partial charge >= 0.3 is 0 Å². The Balaban J connectivity index is 2.27. The van der Waals surface area contributed by atoms with E-state index in [1.165, 1.54) is 0 Å². The molecular formula is C12H15ClO3S. The van der Waals surface area contributed by atoms with Gasteiger partial charge in [-0.2, -0.15) is 0 Å². The van der Waals surface area contributed by atoms with E-state index in [2.05, 4.69) is 0 Å². The number of ether oxygens (including phenoxy) is 1. The summed E-state index contributed by atoms with van der Waals surface area (Å²) >= 11 is 0. The molecule has 0 amide bonds. The molecule has 1 aromatic rings. The molecule has 0 bridgehead atoms. The molecule has 0 saturated heterocycles. The molecule has 5 heteroatoms. The Morgan fingerprint density at radius 1 is 1.35 bits per heavy atom. The molecular weight excluding hydrogens is 260 g/mol. The molecule has 1 aliphatic carbocycles. The third kappa shape index (κ3) is 2.81. The standard InChI is InChI=1S/C12H15ClO3S/c1-16-11-7-12(8-11,9-17(13,14)15)10-5-3-2-4-6-10/h2-6,11H,7-9H2,1H3. The molecule has 0 aliphatic heterocycles. The summed E-state index contributed by atoms with van der Waals surface area (Å²) in [4.78, 5) is 0. The van der Waals surface area contributed by atoms with Crippen molar-refractivity contribution in [2.75, 3.05) is 12.9 Å². The van der Waals surface area contributed by atoms with Gasteiger partial charge in [-0.05, 0) is 18.4 Å². The fraction of sp³-hybridized carbons (Fsp3) is 0.500. The monoisotopic (exact) mass is 274 g/mol. The third-order valence-electron chi connectivity index (χ3n) is 3.41. The number of rotatable bonds is 4. The van der Waals surface area contributed by atoms with Crippen molar-refractivity contribution in [3.8, 4) is 0 Å². The highest BCUT2D eigenvalue weighted by atomic mass is 35.7. The molecule has 2 rings (SSSR count). The Morgan fingerprint density at radius 3 is 2.41 bits per heavy atom. The van der Waals surface area contributed by atoms with Gasteiger partial charge in [-0.25, -0.2) is 8.42 Å². The van der Waals surface area contributed by atoms with Crippen molar-refractivity contribution in [1.82, 2.24) is 0 Å². The van der Waals surface area contributed by atoms with Gasteiger partial charge in [0.15, 0.2) is 0 Å². The van der Waals surface area contributed by atoms with Gasteiger partial charge < -0.3 is 4.74 Å². The maximum Gasteiger partial charge on any atom is 0.233 e. The minimum absolute atomic E-state index is 0.0224. The molecule has 0 heterocycles. The van der Waals surface area contributed by atoms with E-state index in [0.29, 0.717) is 12.8 Å². The van der Waals surface area contributed by atoms with E-state index < -0.39 is 9.05 Å². The van der Waals surface area contributed by atoms with Crippen molar-refractivity contribution in [1.29, 1.82) is 0 Å². The van der Waals surface area contributed by atoms with E-state index in [1.807, 2.05) is 30.3 Å². The fourth-order valence-electron chi connectivity index (χ4n) is 2.54. The van der Waals surface area contributed by atoms with E-state index in [-0.39, 0.29) is 17.3 Å². The molecule has 3 nitrogen and oxygen atoms in total. The van der Waals surface area contributed by atoms with E-state index in [1.54, 1.807) is 7.11 Å². The van der Waals surface area contributed by atoms with Crippen LogP contribution in [0.3, 0.4) is 0 Å². The SMILES string of the molecule is COC1CC(CS(=O)(=O)Cl)(c2ccccc2)C1. The topological polar surface area (TPSA) is 43.4 Å². The number of methoxy groups -OCH3 is 1. The Kier molecular flexibility index (Phi) is 3.48. The highest BCUT2D eigenvalue weighted by Crippen LogP contribution is 2.46. The number of benzene rings is 1. The van der Waals surface area contributed by atoms with Crippen LogP contribution in [-0.2, 0) is 19.2 Å². The molecule has 94 valence electrons. The van der Waals surface area contributed by atoms with Gasteiger partial charge in [-0.1, -0.05) is 30.3 Å². The normalized spacial score (nSPS) is 28.7. The van der Waals surface area contributed by atoms with Crippen molar-refractivity contribution in [2.24, 2.45) is 0 Å². The maximum absolute atomic E-state index is 11.3. The van der Waals surface area contributed by atoms with Gasteiger partial charge in [0.1, 0.15) is 0 Å². The molecule has 1 aromatic carbocycles. The molecule has 0 spiro atoms. The summed E-state index contributed by atoms with van der Waals surface area (Å²) in [6.07, 6.45) is 1.55. The third-order valence-corrected chi connectivity index (χ3v) is 4.63. The fourth-order valence-corrected chi connectivity index (χ4v) is 4.23. The maximum atomic E-state index is 11.3. The van der Waals surface area contributed by atoms with Gasteiger partial charge in [-0.15, -0.1) is 0 Å². The Hall–Kier alpha value is -0.580. The zero-order valence-corrected chi connectivity index (χ0v) is 11.2. The van der Waals surface area contributed by atoms with E-state index in [0.717, 1.165) is 5.56 Å². The molecule has 0 aromatic heterocycles. The second-order valence-electron chi connectivity index (χ2n) is 4.60. The number of hydrogen-bond donors (Lipinski definition) is 0. The Bertz CT molecular complexity index is 478. The van der Waals surface area contributed by atoms with Crippen LogP contribution in [0.25, 0.3) is 0 Å². The van der Waals surface area contributed by atoms with Crippen LogP contribution in [-0.4, -0.2) is 27.4 Å². The first-order valence-electron chi connectivity index (χ1n) is 5.46. The zero-order valence-electron chi connectivity index (χ0n) is 9.60.